The summed E-state index contributed by atoms with van der Waals surface area (Å²) in [6, 6.07) is 26.6. The summed E-state index contributed by atoms with van der Waals surface area (Å²) in [5.41, 5.74) is 3.49. The Bertz CT molecular complexity index is 927. The second kappa shape index (κ2) is 10.8. The minimum absolute atomic E-state index is 0.204. The van der Waals surface area contributed by atoms with E-state index >= 15 is 0 Å². The van der Waals surface area contributed by atoms with Gasteiger partial charge in [-0.3, -0.25) is 0 Å². The van der Waals surface area contributed by atoms with Gasteiger partial charge < -0.3 is 10.6 Å². The SMILES string of the molecule is Cc1ccccc1SC(=S)NC(NC(=S)Sc1ccccc1C)c1ccccc1. The normalized spacial score (nSPS) is 10.6. The molecule has 0 unspecified atom stereocenters. The Morgan fingerprint density at radius 2 is 1.07 bits per heavy atom. The Kier molecular flexibility index (Phi) is 8.12. The van der Waals surface area contributed by atoms with Crippen molar-refractivity contribution in [1.29, 1.82) is 0 Å². The molecular formula is C23H22N2S4. The van der Waals surface area contributed by atoms with Crippen LogP contribution in [0.25, 0.3) is 0 Å². The number of benzene rings is 3. The summed E-state index contributed by atoms with van der Waals surface area (Å²) < 4.78 is 1.40. The first-order valence-electron chi connectivity index (χ1n) is 9.16. The van der Waals surface area contributed by atoms with Crippen LogP contribution in [0.2, 0.25) is 0 Å². The number of rotatable bonds is 5. The van der Waals surface area contributed by atoms with E-state index in [2.05, 4.69) is 60.9 Å². The third kappa shape index (κ3) is 6.57. The summed E-state index contributed by atoms with van der Waals surface area (Å²) in [6.45, 7) is 4.18. The predicted octanol–water partition coefficient (Wildman–Crippen LogP) is 6.64. The molecule has 0 heterocycles. The van der Waals surface area contributed by atoms with Crippen LogP contribution in [-0.4, -0.2) is 8.64 Å². The minimum Gasteiger partial charge on any atom is -0.347 e. The summed E-state index contributed by atoms with van der Waals surface area (Å²) in [5.74, 6) is 0. The summed E-state index contributed by atoms with van der Waals surface area (Å²) >= 11 is 14.4. The Hall–Kier alpha value is -1.86. The van der Waals surface area contributed by atoms with Crippen molar-refractivity contribution in [2.24, 2.45) is 0 Å². The number of hydrogen-bond donors (Lipinski definition) is 2. The van der Waals surface area contributed by atoms with Crippen molar-refractivity contribution in [3.05, 3.63) is 95.6 Å². The van der Waals surface area contributed by atoms with Gasteiger partial charge in [-0.15, -0.1) is 0 Å². The molecule has 0 amide bonds. The van der Waals surface area contributed by atoms with Crippen LogP contribution in [-0.2, 0) is 0 Å². The van der Waals surface area contributed by atoms with Gasteiger partial charge in [0.15, 0.2) is 0 Å². The first-order chi connectivity index (χ1) is 14.0. The Morgan fingerprint density at radius 3 is 1.52 bits per heavy atom. The van der Waals surface area contributed by atoms with Crippen LogP contribution in [0.15, 0.2) is 88.7 Å². The number of hydrogen-bond acceptors (Lipinski definition) is 4. The molecule has 0 saturated carbocycles. The molecule has 3 aromatic rings. The Balaban J connectivity index is 1.71. The van der Waals surface area contributed by atoms with Gasteiger partial charge in [-0.2, -0.15) is 0 Å². The third-order valence-electron chi connectivity index (χ3n) is 4.25. The maximum atomic E-state index is 5.64. The zero-order valence-corrected chi connectivity index (χ0v) is 19.5. The van der Waals surface area contributed by atoms with E-state index in [-0.39, 0.29) is 6.17 Å². The average molecular weight is 455 g/mol. The minimum atomic E-state index is -0.204. The van der Waals surface area contributed by atoms with E-state index in [4.69, 9.17) is 24.4 Å². The highest BCUT2D eigenvalue weighted by atomic mass is 32.2. The van der Waals surface area contributed by atoms with E-state index in [0.29, 0.717) is 8.64 Å². The van der Waals surface area contributed by atoms with Gasteiger partial charge >= 0.3 is 0 Å². The topological polar surface area (TPSA) is 24.1 Å². The van der Waals surface area contributed by atoms with Crippen LogP contribution >= 0.6 is 48.0 Å². The summed E-state index contributed by atoms with van der Waals surface area (Å²) in [5, 5.41) is 6.85. The quantitative estimate of drug-likeness (QED) is 0.255. The van der Waals surface area contributed by atoms with Crippen molar-refractivity contribution in [2.75, 3.05) is 0 Å². The lowest BCUT2D eigenvalue weighted by atomic mass is 10.2. The van der Waals surface area contributed by atoms with E-state index < -0.39 is 0 Å². The van der Waals surface area contributed by atoms with Crippen LogP contribution in [0.4, 0.5) is 0 Å². The fourth-order valence-corrected chi connectivity index (χ4v) is 4.96. The van der Waals surface area contributed by atoms with E-state index in [1.54, 1.807) is 23.5 Å². The van der Waals surface area contributed by atoms with Gasteiger partial charge in [-0.1, -0.05) is 115 Å². The molecule has 0 aliphatic heterocycles. The fourth-order valence-electron chi connectivity index (χ4n) is 2.68. The lowest BCUT2D eigenvalue weighted by molar-refractivity contribution is 0.625. The second-order valence-electron chi connectivity index (χ2n) is 6.44. The number of thioether (sulfide) groups is 2. The molecule has 6 heteroatoms. The first kappa shape index (κ1) is 21.8. The van der Waals surface area contributed by atoms with E-state index in [1.807, 2.05) is 42.5 Å². The Morgan fingerprint density at radius 1 is 0.655 bits per heavy atom. The second-order valence-corrected chi connectivity index (χ2v) is 9.88. The molecule has 3 aromatic carbocycles. The molecule has 0 saturated heterocycles. The van der Waals surface area contributed by atoms with E-state index in [1.165, 1.54) is 11.1 Å². The molecule has 0 atom stereocenters. The zero-order valence-electron chi connectivity index (χ0n) is 16.2. The van der Waals surface area contributed by atoms with Crippen molar-refractivity contribution in [2.45, 2.75) is 29.8 Å². The number of nitrogens with one attached hydrogen (secondary N) is 2. The lowest BCUT2D eigenvalue weighted by Crippen LogP contribution is -2.38. The van der Waals surface area contributed by atoms with Crippen molar-refractivity contribution in [3.8, 4) is 0 Å². The highest BCUT2D eigenvalue weighted by molar-refractivity contribution is 8.23. The monoisotopic (exact) mass is 454 g/mol. The largest absolute Gasteiger partial charge is 0.347 e. The maximum Gasteiger partial charge on any atom is 0.140 e. The average Bonchev–Trinajstić information content (AvgIpc) is 2.71. The highest BCUT2D eigenvalue weighted by Gasteiger charge is 2.16. The molecule has 29 heavy (non-hydrogen) atoms. The molecule has 148 valence electrons. The van der Waals surface area contributed by atoms with Gasteiger partial charge in [0.1, 0.15) is 14.8 Å². The van der Waals surface area contributed by atoms with Crippen LogP contribution in [0.1, 0.15) is 22.9 Å². The molecule has 0 bridgehead atoms. The molecule has 0 aliphatic carbocycles. The van der Waals surface area contributed by atoms with Gasteiger partial charge in [0, 0.05) is 9.79 Å². The summed E-state index contributed by atoms with van der Waals surface area (Å²) in [6.07, 6.45) is -0.204. The first-order valence-corrected chi connectivity index (χ1v) is 11.6. The molecule has 2 nitrogen and oxygen atoms in total. The molecule has 0 aliphatic rings. The summed E-state index contributed by atoms with van der Waals surface area (Å²) in [4.78, 5) is 2.29. The molecule has 0 aromatic heterocycles. The van der Waals surface area contributed by atoms with Crippen LogP contribution in [0.3, 0.4) is 0 Å². The Labute approximate surface area is 191 Å². The van der Waals surface area contributed by atoms with Crippen LogP contribution in [0, 0.1) is 13.8 Å². The van der Waals surface area contributed by atoms with Crippen molar-refractivity contribution in [1.82, 2.24) is 10.6 Å². The van der Waals surface area contributed by atoms with Crippen LogP contribution in [0.5, 0.6) is 0 Å². The van der Waals surface area contributed by atoms with Crippen molar-refractivity contribution >= 4 is 56.6 Å². The van der Waals surface area contributed by atoms with Gasteiger partial charge in [-0.25, -0.2) is 0 Å². The molecule has 2 N–H and O–H groups in total. The van der Waals surface area contributed by atoms with Gasteiger partial charge in [0.05, 0.1) is 0 Å². The van der Waals surface area contributed by atoms with E-state index in [0.717, 1.165) is 15.4 Å². The molecule has 0 radical (unpaired) electrons. The zero-order chi connectivity index (χ0) is 20.6. The number of thiocarbonyl (C=S) groups is 2. The lowest BCUT2D eigenvalue weighted by Gasteiger charge is -2.23. The summed E-state index contributed by atoms with van der Waals surface area (Å²) in [7, 11) is 0. The van der Waals surface area contributed by atoms with Gasteiger partial charge in [0.2, 0.25) is 0 Å². The molecule has 0 spiro atoms. The smallest absolute Gasteiger partial charge is 0.140 e. The van der Waals surface area contributed by atoms with Crippen molar-refractivity contribution in [3.63, 3.8) is 0 Å². The van der Waals surface area contributed by atoms with Crippen LogP contribution < -0.4 is 10.6 Å². The van der Waals surface area contributed by atoms with Gasteiger partial charge in [-0.05, 0) is 42.7 Å². The molecular weight excluding hydrogens is 433 g/mol. The fraction of sp³-hybridized carbons (Fsp3) is 0.130. The molecule has 0 fully saturated rings. The third-order valence-corrected chi connectivity index (χ3v) is 6.95. The van der Waals surface area contributed by atoms with E-state index in [9.17, 15) is 0 Å². The standard InChI is InChI=1S/C23H22N2S4/c1-16-10-6-8-14-19(16)28-22(26)24-21(18-12-4-3-5-13-18)25-23(27)29-20-15-9-7-11-17(20)2/h3-15,21H,1-2H3,(H,24,26)(H,25,27). The van der Waals surface area contributed by atoms with Gasteiger partial charge in [0.25, 0.3) is 0 Å². The predicted molar refractivity (Wildman–Crippen MR) is 135 cm³/mol. The van der Waals surface area contributed by atoms with Crippen molar-refractivity contribution < 1.29 is 0 Å². The maximum absolute atomic E-state index is 5.64. The number of aryl methyl sites for hydroxylation is 2. The molecule has 3 rings (SSSR count). The highest BCUT2D eigenvalue weighted by Crippen LogP contribution is 2.26.